The first-order chi connectivity index (χ1) is 14.9. The third kappa shape index (κ3) is 5.64. The Kier molecular flexibility index (Phi) is 6.93. The third-order valence-corrected chi connectivity index (χ3v) is 4.65. The number of aryl methyl sites for hydroxylation is 3. The quantitative estimate of drug-likeness (QED) is 0.545. The van der Waals surface area contributed by atoms with Crippen LogP contribution in [-0.4, -0.2) is 29.4 Å². The molecule has 1 N–H and O–H groups in total. The lowest BCUT2D eigenvalue weighted by atomic mass is 10.1. The largest absolute Gasteiger partial charge is 0.493 e. The Morgan fingerprint density at radius 3 is 2.52 bits per heavy atom. The van der Waals surface area contributed by atoms with Crippen molar-refractivity contribution in [3.63, 3.8) is 0 Å². The van der Waals surface area contributed by atoms with Gasteiger partial charge in [0.25, 0.3) is 0 Å². The molecule has 0 bridgehead atoms. The first kappa shape index (κ1) is 21.9. The highest BCUT2D eigenvalue weighted by atomic mass is 16.5. The molecule has 1 aromatic heterocycles. The van der Waals surface area contributed by atoms with Gasteiger partial charge in [0.05, 0.1) is 36.7 Å². The third-order valence-electron chi connectivity index (χ3n) is 4.65. The van der Waals surface area contributed by atoms with Crippen molar-refractivity contribution in [2.45, 2.75) is 33.6 Å². The fourth-order valence-corrected chi connectivity index (χ4v) is 3.33. The number of anilines is 1. The molecule has 0 saturated carbocycles. The number of hydrogen-bond donors (Lipinski definition) is 1. The summed E-state index contributed by atoms with van der Waals surface area (Å²) in [5, 5.41) is 16.4. The van der Waals surface area contributed by atoms with Gasteiger partial charge >= 0.3 is 0 Å². The molecule has 0 fully saturated rings. The molecule has 0 unspecified atom stereocenters. The van der Waals surface area contributed by atoms with Crippen molar-refractivity contribution in [1.29, 1.82) is 5.26 Å². The van der Waals surface area contributed by atoms with Gasteiger partial charge in [-0.2, -0.15) is 10.4 Å². The van der Waals surface area contributed by atoms with Crippen LogP contribution in [0.15, 0.2) is 42.5 Å². The van der Waals surface area contributed by atoms with Crippen LogP contribution in [0.2, 0.25) is 0 Å². The number of hydrogen-bond acceptors (Lipinski definition) is 5. The number of ether oxygens (including phenoxy) is 2. The molecule has 160 valence electrons. The average Bonchev–Trinajstić information content (AvgIpc) is 3.10. The Bertz CT molecular complexity index is 1110. The van der Waals surface area contributed by atoms with Crippen LogP contribution in [0.3, 0.4) is 0 Å². The van der Waals surface area contributed by atoms with Crippen molar-refractivity contribution in [3.8, 4) is 23.3 Å². The maximum absolute atomic E-state index is 12.5. The second-order valence-electron chi connectivity index (χ2n) is 7.41. The minimum absolute atomic E-state index is 0.110. The van der Waals surface area contributed by atoms with Gasteiger partial charge in [-0.25, -0.2) is 4.68 Å². The molecule has 7 nitrogen and oxygen atoms in total. The SMILES string of the molecule is COc1cc(C#N)ccc1OCCCC(=O)Nc1cc(C)nn1-c1cc(C)cc(C)c1. The summed E-state index contributed by atoms with van der Waals surface area (Å²) in [7, 11) is 1.53. The maximum atomic E-state index is 12.5. The number of rotatable bonds is 8. The topological polar surface area (TPSA) is 89.2 Å². The van der Waals surface area contributed by atoms with E-state index in [4.69, 9.17) is 14.7 Å². The molecule has 0 spiro atoms. The van der Waals surface area contributed by atoms with E-state index >= 15 is 0 Å². The molecule has 0 radical (unpaired) electrons. The van der Waals surface area contributed by atoms with Crippen molar-refractivity contribution in [2.24, 2.45) is 0 Å². The summed E-state index contributed by atoms with van der Waals surface area (Å²) in [4.78, 5) is 12.5. The van der Waals surface area contributed by atoms with Crippen molar-refractivity contribution < 1.29 is 14.3 Å². The van der Waals surface area contributed by atoms with Gasteiger partial charge in [-0.3, -0.25) is 4.79 Å². The van der Waals surface area contributed by atoms with Gasteiger partial charge in [0.1, 0.15) is 5.82 Å². The molecular weight excluding hydrogens is 392 g/mol. The fraction of sp³-hybridized carbons (Fsp3) is 0.292. The zero-order valence-electron chi connectivity index (χ0n) is 18.2. The molecule has 0 aliphatic heterocycles. The van der Waals surface area contributed by atoms with Crippen LogP contribution < -0.4 is 14.8 Å². The fourth-order valence-electron chi connectivity index (χ4n) is 3.33. The molecule has 31 heavy (non-hydrogen) atoms. The summed E-state index contributed by atoms with van der Waals surface area (Å²) in [6, 6.07) is 15.1. The number of benzene rings is 2. The molecule has 0 aliphatic carbocycles. The summed E-state index contributed by atoms with van der Waals surface area (Å²) < 4.78 is 12.7. The van der Waals surface area contributed by atoms with Gasteiger partial charge in [0.2, 0.25) is 5.91 Å². The molecule has 1 amide bonds. The number of carbonyl (C=O) groups excluding carboxylic acids is 1. The zero-order chi connectivity index (χ0) is 22.4. The lowest BCUT2D eigenvalue weighted by Gasteiger charge is -2.12. The second-order valence-corrected chi connectivity index (χ2v) is 7.41. The van der Waals surface area contributed by atoms with Crippen LogP contribution in [-0.2, 0) is 4.79 Å². The molecule has 0 aliphatic rings. The first-order valence-electron chi connectivity index (χ1n) is 10.1. The van der Waals surface area contributed by atoms with Crippen LogP contribution in [0.5, 0.6) is 11.5 Å². The summed E-state index contributed by atoms with van der Waals surface area (Å²) in [5.41, 5.74) is 4.51. The molecule has 0 saturated heterocycles. The Labute approximate surface area is 182 Å². The Morgan fingerprint density at radius 2 is 1.84 bits per heavy atom. The van der Waals surface area contributed by atoms with Crippen molar-refractivity contribution in [3.05, 3.63) is 64.8 Å². The highest BCUT2D eigenvalue weighted by Crippen LogP contribution is 2.28. The summed E-state index contributed by atoms with van der Waals surface area (Å²) >= 11 is 0. The number of methoxy groups -OCH3 is 1. The van der Waals surface area contributed by atoms with Gasteiger partial charge < -0.3 is 14.8 Å². The van der Waals surface area contributed by atoms with E-state index in [1.807, 2.05) is 39.0 Å². The van der Waals surface area contributed by atoms with E-state index in [1.54, 1.807) is 22.9 Å². The number of nitrogens with zero attached hydrogens (tertiary/aromatic N) is 3. The Hall–Kier alpha value is -3.79. The average molecular weight is 418 g/mol. The molecule has 0 atom stereocenters. The minimum Gasteiger partial charge on any atom is -0.493 e. The number of nitriles is 1. The van der Waals surface area contributed by atoms with Gasteiger partial charge in [0, 0.05) is 18.6 Å². The standard InChI is InChI=1S/C24H26N4O3/c1-16-10-17(2)12-20(11-16)28-23(13-18(3)27-28)26-24(29)6-5-9-31-21-8-7-19(15-25)14-22(21)30-4/h7-8,10-14H,5-6,9H2,1-4H3,(H,26,29). The summed E-state index contributed by atoms with van der Waals surface area (Å²) in [6.07, 6.45) is 0.835. The Balaban J connectivity index is 1.58. The van der Waals surface area contributed by atoms with Crippen LogP contribution in [0.25, 0.3) is 5.69 Å². The molecule has 2 aromatic carbocycles. The van der Waals surface area contributed by atoms with E-state index in [0.717, 1.165) is 22.5 Å². The highest BCUT2D eigenvalue weighted by Gasteiger charge is 2.12. The van der Waals surface area contributed by atoms with Crippen LogP contribution in [0, 0.1) is 32.1 Å². The normalized spacial score (nSPS) is 10.4. The summed E-state index contributed by atoms with van der Waals surface area (Å²) in [6.45, 7) is 6.32. The lowest BCUT2D eigenvalue weighted by molar-refractivity contribution is -0.116. The van der Waals surface area contributed by atoms with E-state index in [2.05, 4.69) is 22.6 Å². The molecule has 3 aromatic rings. The predicted octanol–water partition coefficient (Wildman–Crippen LogP) is 4.48. The molecule has 1 heterocycles. The molecular formula is C24H26N4O3. The van der Waals surface area contributed by atoms with Crippen molar-refractivity contribution in [1.82, 2.24) is 9.78 Å². The van der Waals surface area contributed by atoms with Gasteiger partial charge in [-0.15, -0.1) is 0 Å². The molecule has 3 rings (SSSR count). The predicted molar refractivity (Wildman–Crippen MR) is 119 cm³/mol. The molecule has 7 heteroatoms. The van der Waals surface area contributed by atoms with E-state index < -0.39 is 0 Å². The van der Waals surface area contributed by atoms with Crippen molar-refractivity contribution in [2.75, 3.05) is 19.0 Å². The number of aromatic nitrogens is 2. The second kappa shape index (κ2) is 9.81. The maximum Gasteiger partial charge on any atom is 0.225 e. The number of amides is 1. The zero-order valence-corrected chi connectivity index (χ0v) is 18.2. The lowest BCUT2D eigenvalue weighted by Crippen LogP contribution is -2.16. The van der Waals surface area contributed by atoms with Crippen molar-refractivity contribution >= 4 is 11.7 Å². The highest BCUT2D eigenvalue weighted by molar-refractivity contribution is 5.90. The van der Waals surface area contributed by atoms with Gasteiger partial charge in [-0.1, -0.05) is 6.07 Å². The van der Waals surface area contributed by atoms with E-state index in [0.29, 0.717) is 42.3 Å². The summed E-state index contributed by atoms with van der Waals surface area (Å²) in [5.74, 6) is 1.57. The monoisotopic (exact) mass is 418 g/mol. The van der Waals surface area contributed by atoms with Gasteiger partial charge in [0.15, 0.2) is 11.5 Å². The van der Waals surface area contributed by atoms with Crippen LogP contribution in [0.4, 0.5) is 5.82 Å². The van der Waals surface area contributed by atoms with Crippen LogP contribution in [0.1, 0.15) is 35.2 Å². The first-order valence-corrected chi connectivity index (χ1v) is 10.1. The van der Waals surface area contributed by atoms with Crippen LogP contribution >= 0.6 is 0 Å². The van der Waals surface area contributed by atoms with Gasteiger partial charge in [-0.05, 0) is 62.6 Å². The van der Waals surface area contributed by atoms with E-state index in [9.17, 15) is 4.79 Å². The smallest absolute Gasteiger partial charge is 0.225 e. The van der Waals surface area contributed by atoms with E-state index in [-0.39, 0.29) is 5.91 Å². The number of nitrogens with one attached hydrogen (secondary N) is 1. The number of carbonyl (C=O) groups is 1. The minimum atomic E-state index is -0.110. The van der Waals surface area contributed by atoms with E-state index in [1.165, 1.54) is 7.11 Å². The Morgan fingerprint density at radius 1 is 1.10 bits per heavy atom.